The summed E-state index contributed by atoms with van der Waals surface area (Å²) in [6, 6.07) is 2.14. The van der Waals surface area contributed by atoms with E-state index in [9.17, 15) is 5.11 Å². The number of rotatable bonds is 4. The Labute approximate surface area is 162 Å². The van der Waals surface area contributed by atoms with Gasteiger partial charge in [-0.05, 0) is 44.4 Å². The Balaban J connectivity index is 1.52. The Bertz CT molecular complexity index is 643. The fourth-order valence-electron chi connectivity index (χ4n) is 5.02. The van der Waals surface area contributed by atoms with E-state index in [4.69, 9.17) is 14.7 Å². The minimum Gasteiger partial charge on any atom is -0.389 e. The molecule has 0 unspecified atom stereocenters. The molecule has 1 aromatic rings. The fraction of sp³-hybridized carbons (Fsp3) is 0.810. The van der Waals surface area contributed by atoms with Crippen LogP contribution >= 0.6 is 0 Å². The normalized spacial score (nSPS) is 30.1. The zero-order chi connectivity index (χ0) is 18.9. The molecule has 3 fully saturated rings. The fourth-order valence-corrected chi connectivity index (χ4v) is 5.02. The van der Waals surface area contributed by atoms with E-state index < -0.39 is 5.60 Å². The maximum absolute atomic E-state index is 11.4. The predicted octanol–water partition coefficient (Wildman–Crippen LogP) is 2.64. The summed E-state index contributed by atoms with van der Waals surface area (Å²) in [5, 5.41) is 11.4. The largest absolute Gasteiger partial charge is 0.389 e. The van der Waals surface area contributed by atoms with Crippen molar-refractivity contribution in [3.63, 3.8) is 0 Å². The highest BCUT2D eigenvalue weighted by Crippen LogP contribution is 2.40. The van der Waals surface area contributed by atoms with E-state index in [1.807, 2.05) is 0 Å². The smallest absolute Gasteiger partial charge is 0.227 e. The van der Waals surface area contributed by atoms with Gasteiger partial charge in [-0.25, -0.2) is 4.98 Å². The number of aromatic nitrogens is 2. The Hall–Kier alpha value is -1.40. The maximum Gasteiger partial charge on any atom is 0.227 e. The monoisotopic (exact) mass is 374 g/mol. The lowest BCUT2D eigenvalue weighted by molar-refractivity contribution is -0.108. The molecular weight excluding hydrogens is 340 g/mol. The van der Waals surface area contributed by atoms with Crippen molar-refractivity contribution in [2.45, 2.75) is 58.0 Å². The van der Waals surface area contributed by atoms with Crippen molar-refractivity contribution in [2.75, 3.05) is 49.2 Å². The zero-order valence-corrected chi connectivity index (χ0v) is 16.9. The van der Waals surface area contributed by atoms with E-state index >= 15 is 0 Å². The van der Waals surface area contributed by atoms with Crippen molar-refractivity contribution >= 4 is 11.8 Å². The molecule has 0 amide bonds. The van der Waals surface area contributed by atoms with Crippen molar-refractivity contribution in [3.05, 3.63) is 11.8 Å². The average molecular weight is 375 g/mol. The van der Waals surface area contributed by atoms with Gasteiger partial charge in [0.05, 0.1) is 5.60 Å². The molecule has 0 aromatic carbocycles. The molecule has 6 heteroatoms. The number of anilines is 2. The van der Waals surface area contributed by atoms with Crippen LogP contribution < -0.4 is 9.80 Å². The van der Waals surface area contributed by atoms with Crippen LogP contribution in [0.2, 0.25) is 0 Å². The first-order valence-electron chi connectivity index (χ1n) is 10.8. The number of aryl methyl sites for hydroxylation is 1. The molecule has 0 spiro atoms. The van der Waals surface area contributed by atoms with Gasteiger partial charge in [-0.2, -0.15) is 4.98 Å². The third-order valence-corrected chi connectivity index (χ3v) is 6.89. The van der Waals surface area contributed by atoms with E-state index in [2.05, 4.69) is 29.7 Å². The van der Waals surface area contributed by atoms with Crippen LogP contribution in [0.15, 0.2) is 6.07 Å². The van der Waals surface area contributed by atoms with Gasteiger partial charge in [0.15, 0.2) is 0 Å². The highest BCUT2D eigenvalue weighted by atomic mass is 16.5. The molecule has 0 radical (unpaired) electrons. The molecule has 2 atom stereocenters. The van der Waals surface area contributed by atoms with Gasteiger partial charge in [0.1, 0.15) is 5.82 Å². The van der Waals surface area contributed by atoms with Crippen molar-refractivity contribution < 1.29 is 9.84 Å². The summed E-state index contributed by atoms with van der Waals surface area (Å²) in [4.78, 5) is 14.4. The first-order valence-corrected chi connectivity index (χ1v) is 10.8. The molecule has 6 nitrogen and oxygen atoms in total. The van der Waals surface area contributed by atoms with Crippen LogP contribution in [0.1, 0.15) is 51.6 Å². The number of ether oxygens (including phenoxy) is 1. The van der Waals surface area contributed by atoms with Gasteiger partial charge in [0.2, 0.25) is 5.95 Å². The van der Waals surface area contributed by atoms with Gasteiger partial charge in [0, 0.05) is 57.1 Å². The first kappa shape index (κ1) is 18.9. The maximum atomic E-state index is 11.4. The topological polar surface area (TPSA) is 61.7 Å². The third kappa shape index (κ3) is 3.79. The average Bonchev–Trinajstić information content (AvgIpc) is 3.25. The predicted molar refractivity (Wildman–Crippen MR) is 107 cm³/mol. The van der Waals surface area contributed by atoms with Crippen LogP contribution in [0.25, 0.3) is 0 Å². The van der Waals surface area contributed by atoms with Crippen LogP contribution in [0.5, 0.6) is 0 Å². The van der Waals surface area contributed by atoms with Gasteiger partial charge in [-0.1, -0.05) is 13.8 Å². The molecule has 0 aliphatic carbocycles. The van der Waals surface area contributed by atoms with E-state index in [-0.39, 0.29) is 5.92 Å². The Morgan fingerprint density at radius 3 is 2.56 bits per heavy atom. The molecule has 1 aromatic heterocycles. The van der Waals surface area contributed by atoms with Crippen molar-refractivity contribution in [1.82, 2.24) is 9.97 Å². The first-order chi connectivity index (χ1) is 13.1. The van der Waals surface area contributed by atoms with E-state index in [0.29, 0.717) is 5.92 Å². The number of nitrogens with zero attached hydrogens (tertiary/aromatic N) is 4. The number of hydrogen-bond donors (Lipinski definition) is 1. The SMILES string of the molecule is CCc1cc(N2CC[C@@](O)(C3CCOCC3)[C@H](C)C2)nc(N2CCCC2)n1. The molecule has 27 heavy (non-hydrogen) atoms. The standard InChI is InChI=1S/C21H34N4O2/c1-3-18-14-19(23-20(22-18)24-9-4-5-10-24)25-11-8-21(26,16(2)15-25)17-6-12-27-13-7-17/h14,16-17,26H,3-13,15H2,1-2H3/t16-,21+/m1/s1. The zero-order valence-electron chi connectivity index (χ0n) is 16.9. The van der Waals surface area contributed by atoms with E-state index in [1.54, 1.807) is 0 Å². The van der Waals surface area contributed by atoms with Crippen molar-refractivity contribution in [2.24, 2.45) is 11.8 Å². The minimum absolute atomic E-state index is 0.227. The molecule has 0 saturated carbocycles. The lowest BCUT2D eigenvalue weighted by atomic mass is 9.70. The molecule has 150 valence electrons. The highest BCUT2D eigenvalue weighted by molar-refractivity contribution is 5.47. The van der Waals surface area contributed by atoms with Gasteiger partial charge in [-0.15, -0.1) is 0 Å². The van der Waals surface area contributed by atoms with Crippen molar-refractivity contribution in [1.29, 1.82) is 0 Å². The molecule has 3 aliphatic heterocycles. The summed E-state index contributed by atoms with van der Waals surface area (Å²) < 4.78 is 5.51. The van der Waals surface area contributed by atoms with E-state index in [1.165, 1.54) is 12.8 Å². The van der Waals surface area contributed by atoms with Gasteiger partial charge in [0.25, 0.3) is 0 Å². The third-order valence-electron chi connectivity index (χ3n) is 6.89. The Morgan fingerprint density at radius 1 is 1.15 bits per heavy atom. The van der Waals surface area contributed by atoms with Crippen LogP contribution in [0, 0.1) is 11.8 Å². The van der Waals surface area contributed by atoms with Crippen LogP contribution in [-0.4, -0.2) is 60.1 Å². The number of piperidine rings is 1. The second-order valence-electron chi connectivity index (χ2n) is 8.54. The Kier molecular flexibility index (Phi) is 5.55. The van der Waals surface area contributed by atoms with Gasteiger partial charge < -0.3 is 19.6 Å². The summed E-state index contributed by atoms with van der Waals surface area (Å²) >= 11 is 0. The van der Waals surface area contributed by atoms with Crippen LogP contribution in [0.4, 0.5) is 11.8 Å². The molecule has 3 saturated heterocycles. The molecule has 0 bridgehead atoms. The molecule has 4 rings (SSSR count). The summed E-state index contributed by atoms with van der Waals surface area (Å²) in [5.41, 5.74) is 0.540. The quantitative estimate of drug-likeness (QED) is 0.874. The van der Waals surface area contributed by atoms with Crippen molar-refractivity contribution in [3.8, 4) is 0 Å². The second-order valence-corrected chi connectivity index (χ2v) is 8.54. The van der Waals surface area contributed by atoms with Gasteiger partial charge >= 0.3 is 0 Å². The summed E-state index contributed by atoms with van der Waals surface area (Å²) in [7, 11) is 0. The van der Waals surface area contributed by atoms with Crippen LogP contribution in [-0.2, 0) is 11.2 Å². The number of hydrogen-bond acceptors (Lipinski definition) is 6. The lowest BCUT2D eigenvalue weighted by Crippen LogP contribution is -2.56. The second kappa shape index (κ2) is 7.92. The van der Waals surface area contributed by atoms with E-state index in [0.717, 1.165) is 82.5 Å². The summed E-state index contributed by atoms with van der Waals surface area (Å²) in [6.45, 7) is 9.76. The summed E-state index contributed by atoms with van der Waals surface area (Å²) in [5.74, 6) is 2.51. The molecular formula is C21H34N4O2. The number of aliphatic hydroxyl groups is 1. The van der Waals surface area contributed by atoms with Gasteiger partial charge in [-0.3, -0.25) is 0 Å². The highest BCUT2D eigenvalue weighted by Gasteiger charge is 2.45. The lowest BCUT2D eigenvalue weighted by Gasteiger charge is -2.49. The van der Waals surface area contributed by atoms with Crippen LogP contribution in [0.3, 0.4) is 0 Å². The molecule has 4 heterocycles. The molecule has 3 aliphatic rings. The molecule has 1 N–H and O–H groups in total. The minimum atomic E-state index is -0.571. The Morgan fingerprint density at radius 2 is 1.89 bits per heavy atom. The summed E-state index contributed by atoms with van der Waals surface area (Å²) in [6.07, 6.45) is 6.15.